The summed E-state index contributed by atoms with van der Waals surface area (Å²) in [6, 6.07) is 16.5. The van der Waals surface area contributed by atoms with E-state index in [-0.39, 0.29) is 6.04 Å². The van der Waals surface area contributed by atoms with Crippen LogP contribution in [0.1, 0.15) is 23.1 Å². The summed E-state index contributed by atoms with van der Waals surface area (Å²) in [5, 5.41) is 5.09. The van der Waals surface area contributed by atoms with Crippen LogP contribution >= 0.6 is 0 Å². The van der Waals surface area contributed by atoms with Gasteiger partial charge in [-0.15, -0.1) is 0 Å². The van der Waals surface area contributed by atoms with Crippen molar-refractivity contribution in [2.75, 3.05) is 62.0 Å². The zero-order valence-corrected chi connectivity index (χ0v) is 23.2. The molecule has 4 heterocycles. The van der Waals surface area contributed by atoms with Crippen LogP contribution in [0.4, 0.5) is 11.8 Å². The molecule has 0 aliphatic carbocycles. The number of sulfonamides is 1. The van der Waals surface area contributed by atoms with E-state index in [0.717, 1.165) is 44.9 Å². The standard InChI is InChI=1S/C28H32N6O4S/c1-19-26(20(2)38-31-19)22-9-10-24-23(17-22)27(34-15-16-37-18-25(34)21-7-5-4-6-8-21)30-28(29-24)32-11-13-33(14-12-32)39(3,35)36/h4-10,17,25H,11-16,18H2,1-3H3/t25-/m0/s1. The minimum absolute atomic E-state index is 0.00398. The van der Waals surface area contributed by atoms with Crippen LogP contribution in [0.25, 0.3) is 22.0 Å². The number of benzene rings is 2. The van der Waals surface area contributed by atoms with Gasteiger partial charge in [0.1, 0.15) is 11.6 Å². The summed E-state index contributed by atoms with van der Waals surface area (Å²) in [7, 11) is -3.23. The predicted octanol–water partition coefficient (Wildman–Crippen LogP) is 3.56. The number of fused-ring (bicyclic) bond motifs is 1. The smallest absolute Gasteiger partial charge is 0.227 e. The van der Waals surface area contributed by atoms with E-state index in [2.05, 4.69) is 33.2 Å². The van der Waals surface area contributed by atoms with Gasteiger partial charge in [-0.25, -0.2) is 13.4 Å². The first-order valence-electron chi connectivity index (χ1n) is 13.1. The molecule has 11 heteroatoms. The second-order valence-corrected chi connectivity index (χ2v) is 12.1. The Morgan fingerprint density at radius 3 is 2.41 bits per heavy atom. The maximum Gasteiger partial charge on any atom is 0.227 e. The van der Waals surface area contributed by atoms with E-state index in [1.165, 1.54) is 10.6 Å². The summed E-state index contributed by atoms with van der Waals surface area (Å²) in [5.41, 5.74) is 4.81. The van der Waals surface area contributed by atoms with Gasteiger partial charge in [0, 0.05) is 43.7 Å². The summed E-state index contributed by atoms with van der Waals surface area (Å²) in [4.78, 5) is 14.5. The average Bonchev–Trinajstić information content (AvgIpc) is 3.29. The molecule has 10 nitrogen and oxygen atoms in total. The average molecular weight is 549 g/mol. The molecule has 1 atom stereocenters. The van der Waals surface area contributed by atoms with E-state index in [0.29, 0.717) is 51.9 Å². The van der Waals surface area contributed by atoms with Crippen molar-refractivity contribution in [3.63, 3.8) is 0 Å². The highest BCUT2D eigenvalue weighted by atomic mass is 32.2. The highest BCUT2D eigenvalue weighted by Crippen LogP contribution is 2.37. The minimum atomic E-state index is -3.23. The Morgan fingerprint density at radius 2 is 1.72 bits per heavy atom. The molecule has 4 aromatic rings. The van der Waals surface area contributed by atoms with E-state index in [1.54, 1.807) is 0 Å². The molecule has 2 aliphatic heterocycles. The zero-order valence-electron chi connectivity index (χ0n) is 22.4. The molecule has 0 amide bonds. The molecule has 2 aromatic heterocycles. The quantitative estimate of drug-likeness (QED) is 0.370. The Morgan fingerprint density at radius 1 is 0.949 bits per heavy atom. The number of piperazine rings is 1. The van der Waals surface area contributed by atoms with Gasteiger partial charge in [-0.3, -0.25) is 0 Å². The molecule has 2 fully saturated rings. The Hall–Kier alpha value is -3.54. The van der Waals surface area contributed by atoms with Gasteiger partial charge in [-0.05, 0) is 37.1 Å². The molecule has 2 aromatic carbocycles. The molecule has 0 radical (unpaired) electrons. The molecule has 2 aliphatic rings. The number of morpholine rings is 1. The zero-order chi connectivity index (χ0) is 27.1. The second kappa shape index (κ2) is 10.2. The highest BCUT2D eigenvalue weighted by molar-refractivity contribution is 7.88. The van der Waals surface area contributed by atoms with Gasteiger partial charge in [-0.1, -0.05) is 41.6 Å². The fourth-order valence-electron chi connectivity index (χ4n) is 5.54. The summed E-state index contributed by atoms with van der Waals surface area (Å²) < 4.78 is 37.0. The lowest BCUT2D eigenvalue weighted by Gasteiger charge is -2.38. The molecule has 0 saturated carbocycles. The number of hydrogen-bond acceptors (Lipinski definition) is 9. The van der Waals surface area contributed by atoms with Crippen molar-refractivity contribution in [3.8, 4) is 11.1 Å². The van der Waals surface area contributed by atoms with E-state index >= 15 is 0 Å². The number of nitrogens with zero attached hydrogens (tertiary/aromatic N) is 6. The third-order valence-corrected chi connectivity index (χ3v) is 8.86. The summed E-state index contributed by atoms with van der Waals surface area (Å²) in [6.45, 7) is 7.57. The summed E-state index contributed by atoms with van der Waals surface area (Å²) >= 11 is 0. The molecular weight excluding hydrogens is 516 g/mol. The molecular formula is C28H32N6O4S. The molecule has 0 spiro atoms. The summed E-state index contributed by atoms with van der Waals surface area (Å²) in [6.07, 6.45) is 1.26. The number of aromatic nitrogens is 3. The van der Waals surface area contributed by atoms with E-state index < -0.39 is 10.0 Å². The lowest BCUT2D eigenvalue weighted by atomic mass is 10.0. The lowest BCUT2D eigenvalue weighted by molar-refractivity contribution is 0.0939. The predicted molar refractivity (Wildman–Crippen MR) is 150 cm³/mol. The van der Waals surface area contributed by atoms with E-state index in [1.807, 2.05) is 44.2 Å². The van der Waals surface area contributed by atoms with Crippen LogP contribution in [0.2, 0.25) is 0 Å². The van der Waals surface area contributed by atoms with Crippen molar-refractivity contribution in [3.05, 3.63) is 65.5 Å². The molecule has 0 N–H and O–H groups in total. The first kappa shape index (κ1) is 25.7. The van der Waals surface area contributed by atoms with Crippen molar-refractivity contribution in [2.24, 2.45) is 0 Å². The molecule has 2 saturated heterocycles. The third kappa shape index (κ3) is 4.97. The van der Waals surface area contributed by atoms with Gasteiger partial charge in [0.15, 0.2) is 0 Å². The largest absolute Gasteiger partial charge is 0.377 e. The van der Waals surface area contributed by atoms with Crippen LogP contribution in [0.5, 0.6) is 0 Å². The second-order valence-electron chi connectivity index (χ2n) is 10.1. The van der Waals surface area contributed by atoms with Crippen LogP contribution in [0, 0.1) is 13.8 Å². The molecule has 0 unspecified atom stereocenters. The molecule has 6 rings (SSSR count). The van der Waals surface area contributed by atoms with Crippen molar-refractivity contribution in [1.29, 1.82) is 0 Å². The van der Waals surface area contributed by atoms with Crippen molar-refractivity contribution >= 4 is 32.7 Å². The van der Waals surface area contributed by atoms with Gasteiger partial charge in [-0.2, -0.15) is 9.29 Å². The number of anilines is 2. The highest BCUT2D eigenvalue weighted by Gasteiger charge is 2.30. The SMILES string of the molecule is Cc1noc(C)c1-c1ccc2nc(N3CCN(S(C)(=O)=O)CC3)nc(N3CCOC[C@H]3c3ccccc3)c2c1. The number of hydrogen-bond donors (Lipinski definition) is 0. The topological polar surface area (TPSA) is 105 Å². The number of aryl methyl sites for hydroxylation is 2. The Balaban J connectivity index is 1.47. The van der Waals surface area contributed by atoms with Crippen LogP contribution in [0.15, 0.2) is 53.1 Å². The molecule has 0 bridgehead atoms. The minimum Gasteiger partial charge on any atom is -0.377 e. The summed E-state index contributed by atoms with van der Waals surface area (Å²) in [5.74, 6) is 2.21. The fraction of sp³-hybridized carbons (Fsp3) is 0.393. The number of rotatable bonds is 5. The van der Waals surface area contributed by atoms with Gasteiger partial charge in [0.25, 0.3) is 0 Å². The maximum atomic E-state index is 12.1. The first-order chi connectivity index (χ1) is 18.8. The van der Waals surface area contributed by atoms with Gasteiger partial charge < -0.3 is 19.1 Å². The van der Waals surface area contributed by atoms with Gasteiger partial charge in [0.2, 0.25) is 16.0 Å². The van der Waals surface area contributed by atoms with Crippen molar-refractivity contribution in [1.82, 2.24) is 19.4 Å². The van der Waals surface area contributed by atoms with Gasteiger partial charge >= 0.3 is 0 Å². The Bertz CT molecular complexity index is 1580. The Labute approximate surface area is 228 Å². The van der Waals surface area contributed by atoms with Gasteiger partial charge in [0.05, 0.1) is 36.7 Å². The van der Waals surface area contributed by atoms with Crippen LogP contribution in [-0.4, -0.2) is 80.0 Å². The Kier molecular flexibility index (Phi) is 6.74. The van der Waals surface area contributed by atoms with Crippen LogP contribution < -0.4 is 9.80 Å². The van der Waals surface area contributed by atoms with E-state index in [4.69, 9.17) is 19.2 Å². The van der Waals surface area contributed by atoms with Crippen molar-refractivity contribution in [2.45, 2.75) is 19.9 Å². The fourth-order valence-corrected chi connectivity index (χ4v) is 6.37. The lowest BCUT2D eigenvalue weighted by Crippen LogP contribution is -2.49. The van der Waals surface area contributed by atoms with E-state index in [9.17, 15) is 8.42 Å². The maximum absolute atomic E-state index is 12.1. The molecule has 204 valence electrons. The first-order valence-corrected chi connectivity index (χ1v) is 15.0. The monoisotopic (exact) mass is 548 g/mol. The van der Waals surface area contributed by atoms with Crippen molar-refractivity contribution < 1.29 is 17.7 Å². The third-order valence-electron chi connectivity index (χ3n) is 7.56. The number of ether oxygens (including phenoxy) is 1. The molecule has 39 heavy (non-hydrogen) atoms. The normalized spacial score (nSPS) is 19.1. The van der Waals surface area contributed by atoms with Crippen LogP contribution in [0.3, 0.4) is 0 Å². The van der Waals surface area contributed by atoms with Crippen LogP contribution in [-0.2, 0) is 14.8 Å².